The molecule has 0 aliphatic heterocycles. The molecular formula is C13H22N2O2. The van der Waals surface area contributed by atoms with Crippen LogP contribution in [0.25, 0.3) is 0 Å². The number of hydrogen-bond acceptors (Lipinski definition) is 4. The molecule has 4 heteroatoms. The van der Waals surface area contributed by atoms with E-state index in [9.17, 15) is 5.11 Å². The minimum atomic E-state index is -0.494. The minimum absolute atomic E-state index is 0.494. The monoisotopic (exact) mass is 238 g/mol. The molecule has 0 fully saturated rings. The third-order valence-corrected chi connectivity index (χ3v) is 2.67. The van der Waals surface area contributed by atoms with Crippen LogP contribution in [0.2, 0.25) is 0 Å². The standard InChI is InChI=1S/C13H22N2O2/c1-15(7-4-8-17-2)10-13(16)11-5-3-6-12(14)9-11/h3,5-6,9,13,16H,4,7-8,10,14H2,1-2H3. The molecule has 1 atom stereocenters. The predicted octanol–water partition coefficient (Wildman–Crippen LogP) is 1.27. The van der Waals surface area contributed by atoms with Crippen molar-refractivity contribution in [3.05, 3.63) is 29.8 Å². The number of aliphatic hydroxyl groups excluding tert-OH is 1. The topological polar surface area (TPSA) is 58.7 Å². The first-order chi connectivity index (χ1) is 8.13. The molecule has 0 spiro atoms. The Hall–Kier alpha value is -1.10. The zero-order valence-corrected chi connectivity index (χ0v) is 10.6. The van der Waals surface area contributed by atoms with Gasteiger partial charge in [-0.15, -0.1) is 0 Å². The molecule has 4 nitrogen and oxygen atoms in total. The average Bonchev–Trinajstić information content (AvgIpc) is 2.29. The lowest BCUT2D eigenvalue weighted by molar-refractivity contribution is 0.117. The van der Waals surface area contributed by atoms with Gasteiger partial charge >= 0.3 is 0 Å². The van der Waals surface area contributed by atoms with Crippen molar-refractivity contribution in [2.45, 2.75) is 12.5 Å². The number of likely N-dealkylation sites (N-methyl/N-ethyl adjacent to an activating group) is 1. The number of hydrogen-bond donors (Lipinski definition) is 2. The van der Waals surface area contributed by atoms with E-state index in [2.05, 4.69) is 4.90 Å². The van der Waals surface area contributed by atoms with E-state index < -0.39 is 6.10 Å². The van der Waals surface area contributed by atoms with Crippen molar-refractivity contribution in [1.29, 1.82) is 0 Å². The van der Waals surface area contributed by atoms with Crippen LogP contribution in [0.1, 0.15) is 18.1 Å². The zero-order chi connectivity index (χ0) is 12.7. The number of nitrogens with zero attached hydrogens (tertiary/aromatic N) is 1. The Bertz CT molecular complexity index is 331. The van der Waals surface area contributed by atoms with Crippen LogP contribution in [0, 0.1) is 0 Å². The molecule has 0 aliphatic carbocycles. The third kappa shape index (κ3) is 5.17. The fourth-order valence-electron chi connectivity index (χ4n) is 1.74. The molecule has 96 valence electrons. The molecule has 0 heterocycles. The second-order valence-electron chi connectivity index (χ2n) is 4.29. The van der Waals surface area contributed by atoms with E-state index in [-0.39, 0.29) is 0 Å². The van der Waals surface area contributed by atoms with Gasteiger partial charge in [0, 0.05) is 32.5 Å². The molecule has 0 bridgehead atoms. The molecule has 0 radical (unpaired) electrons. The number of aliphatic hydroxyl groups is 1. The Morgan fingerprint density at radius 3 is 2.88 bits per heavy atom. The summed E-state index contributed by atoms with van der Waals surface area (Å²) in [6.45, 7) is 2.26. The van der Waals surface area contributed by atoms with Crippen molar-refractivity contribution in [3.8, 4) is 0 Å². The predicted molar refractivity (Wildman–Crippen MR) is 69.8 cm³/mol. The number of anilines is 1. The summed E-state index contributed by atoms with van der Waals surface area (Å²) in [7, 11) is 3.69. The molecule has 0 saturated carbocycles. The molecule has 17 heavy (non-hydrogen) atoms. The molecule has 1 aromatic carbocycles. The lowest BCUT2D eigenvalue weighted by atomic mass is 10.1. The number of nitrogens with two attached hydrogens (primary N) is 1. The Labute approximate surface area is 103 Å². The number of nitrogen functional groups attached to an aromatic ring is 1. The molecule has 0 saturated heterocycles. The Morgan fingerprint density at radius 1 is 1.47 bits per heavy atom. The van der Waals surface area contributed by atoms with Gasteiger partial charge in [-0.3, -0.25) is 0 Å². The summed E-state index contributed by atoms with van der Waals surface area (Å²) in [6, 6.07) is 7.38. The quantitative estimate of drug-likeness (QED) is 0.555. The summed E-state index contributed by atoms with van der Waals surface area (Å²) < 4.78 is 4.99. The third-order valence-electron chi connectivity index (χ3n) is 2.67. The maximum Gasteiger partial charge on any atom is 0.0917 e. The van der Waals surface area contributed by atoms with Crippen molar-refractivity contribution in [2.24, 2.45) is 0 Å². The van der Waals surface area contributed by atoms with Gasteiger partial charge in [0.1, 0.15) is 0 Å². The van der Waals surface area contributed by atoms with Crippen molar-refractivity contribution in [3.63, 3.8) is 0 Å². The van der Waals surface area contributed by atoms with Gasteiger partial charge in [-0.2, -0.15) is 0 Å². The molecule has 1 aromatic rings. The highest BCUT2D eigenvalue weighted by atomic mass is 16.5. The minimum Gasteiger partial charge on any atom is -0.399 e. The highest BCUT2D eigenvalue weighted by Crippen LogP contribution is 2.16. The molecule has 1 rings (SSSR count). The average molecular weight is 238 g/mol. The van der Waals surface area contributed by atoms with Crippen LogP contribution in [0.5, 0.6) is 0 Å². The van der Waals surface area contributed by atoms with Gasteiger partial charge in [0.2, 0.25) is 0 Å². The van der Waals surface area contributed by atoms with Crippen LogP contribution >= 0.6 is 0 Å². The summed E-state index contributed by atoms with van der Waals surface area (Å²) >= 11 is 0. The van der Waals surface area contributed by atoms with Gasteiger partial charge in [0.25, 0.3) is 0 Å². The molecule has 0 aromatic heterocycles. The second-order valence-corrected chi connectivity index (χ2v) is 4.29. The molecule has 1 unspecified atom stereocenters. The van der Waals surface area contributed by atoms with Crippen molar-refractivity contribution >= 4 is 5.69 Å². The van der Waals surface area contributed by atoms with Crippen LogP contribution < -0.4 is 5.73 Å². The summed E-state index contributed by atoms with van der Waals surface area (Å²) in [5, 5.41) is 10.0. The Kier molecular flexibility index (Phi) is 5.97. The smallest absolute Gasteiger partial charge is 0.0917 e. The van der Waals surface area contributed by atoms with Gasteiger partial charge in [-0.25, -0.2) is 0 Å². The maximum atomic E-state index is 10.0. The van der Waals surface area contributed by atoms with E-state index in [0.29, 0.717) is 12.2 Å². The van der Waals surface area contributed by atoms with E-state index in [0.717, 1.165) is 25.1 Å². The first kappa shape index (κ1) is 14.0. The summed E-state index contributed by atoms with van der Waals surface area (Å²) in [5.74, 6) is 0. The summed E-state index contributed by atoms with van der Waals surface area (Å²) in [5.41, 5.74) is 7.23. The SMILES string of the molecule is COCCCN(C)CC(O)c1cccc(N)c1. The van der Waals surface area contributed by atoms with Crippen LogP contribution in [-0.2, 0) is 4.74 Å². The molecule has 3 N–H and O–H groups in total. The zero-order valence-electron chi connectivity index (χ0n) is 10.6. The number of benzene rings is 1. The summed E-state index contributed by atoms with van der Waals surface area (Å²) in [4.78, 5) is 2.09. The normalized spacial score (nSPS) is 12.9. The van der Waals surface area contributed by atoms with Crippen LogP contribution in [-0.4, -0.2) is 43.9 Å². The first-order valence-corrected chi connectivity index (χ1v) is 5.84. The Morgan fingerprint density at radius 2 is 2.24 bits per heavy atom. The fourth-order valence-corrected chi connectivity index (χ4v) is 1.74. The van der Waals surface area contributed by atoms with Crippen molar-refractivity contribution in [2.75, 3.05) is 39.6 Å². The second kappa shape index (κ2) is 7.27. The summed E-state index contributed by atoms with van der Waals surface area (Å²) in [6.07, 6.45) is 0.474. The van der Waals surface area contributed by atoms with Gasteiger partial charge in [0.05, 0.1) is 6.10 Å². The van der Waals surface area contributed by atoms with Gasteiger partial charge in [-0.05, 0) is 31.2 Å². The van der Waals surface area contributed by atoms with Crippen LogP contribution in [0.15, 0.2) is 24.3 Å². The number of ether oxygens (including phenoxy) is 1. The number of methoxy groups -OCH3 is 1. The first-order valence-electron chi connectivity index (χ1n) is 5.84. The van der Waals surface area contributed by atoms with Gasteiger partial charge in [-0.1, -0.05) is 12.1 Å². The molecule has 0 amide bonds. The fraction of sp³-hybridized carbons (Fsp3) is 0.538. The van der Waals surface area contributed by atoms with E-state index in [1.807, 2.05) is 31.3 Å². The lowest BCUT2D eigenvalue weighted by Crippen LogP contribution is -2.26. The lowest BCUT2D eigenvalue weighted by Gasteiger charge is -2.20. The van der Waals surface area contributed by atoms with E-state index in [1.165, 1.54) is 0 Å². The highest BCUT2D eigenvalue weighted by molar-refractivity contribution is 5.41. The van der Waals surface area contributed by atoms with Gasteiger partial charge in [0.15, 0.2) is 0 Å². The largest absolute Gasteiger partial charge is 0.399 e. The van der Waals surface area contributed by atoms with Crippen LogP contribution in [0.4, 0.5) is 5.69 Å². The molecule has 0 aliphatic rings. The van der Waals surface area contributed by atoms with Crippen LogP contribution in [0.3, 0.4) is 0 Å². The van der Waals surface area contributed by atoms with E-state index in [4.69, 9.17) is 10.5 Å². The van der Waals surface area contributed by atoms with Gasteiger partial charge < -0.3 is 20.5 Å². The molecular weight excluding hydrogens is 216 g/mol. The van der Waals surface area contributed by atoms with E-state index in [1.54, 1.807) is 7.11 Å². The van der Waals surface area contributed by atoms with Crippen molar-refractivity contribution < 1.29 is 9.84 Å². The van der Waals surface area contributed by atoms with E-state index >= 15 is 0 Å². The Balaban J connectivity index is 2.40. The van der Waals surface area contributed by atoms with Crippen molar-refractivity contribution in [1.82, 2.24) is 4.90 Å². The maximum absolute atomic E-state index is 10.0. The number of rotatable bonds is 7. The highest BCUT2D eigenvalue weighted by Gasteiger charge is 2.10.